The lowest BCUT2D eigenvalue weighted by Crippen LogP contribution is -2.41. The lowest BCUT2D eigenvalue weighted by Gasteiger charge is -2.35. The van der Waals surface area contributed by atoms with E-state index in [4.69, 9.17) is 14.5 Å². The molecule has 226 valence electrons. The third-order valence-electron chi connectivity index (χ3n) is 8.82. The van der Waals surface area contributed by atoms with Gasteiger partial charge in [-0.15, -0.1) is 0 Å². The normalized spacial score (nSPS) is 17.7. The van der Waals surface area contributed by atoms with E-state index in [1.54, 1.807) is 12.1 Å². The Morgan fingerprint density at radius 3 is 2.55 bits per heavy atom. The lowest BCUT2D eigenvalue weighted by molar-refractivity contribution is -0.125. The number of aryl methyl sites for hydroxylation is 2. The van der Waals surface area contributed by atoms with Crippen molar-refractivity contribution in [1.82, 2.24) is 10.3 Å². The summed E-state index contributed by atoms with van der Waals surface area (Å²) in [7, 11) is 1.52. The van der Waals surface area contributed by atoms with Crippen molar-refractivity contribution >= 4 is 22.5 Å². The fourth-order valence-electron chi connectivity index (χ4n) is 6.44. The van der Waals surface area contributed by atoms with Crippen molar-refractivity contribution in [3.05, 3.63) is 53.2 Å². The van der Waals surface area contributed by atoms with Crippen LogP contribution in [0, 0.1) is 0 Å². The second-order valence-corrected chi connectivity index (χ2v) is 12.2. The van der Waals surface area contributed by atoms with E-state index in [1.165, 1.54) is 74.4 Å². The standard InChI is InChI=1S/C35H47N3O4/c1-35(19-18-25-22-30(39)32(41-2)23-31(25)42-35)24-33(40)36-20-12-6-4-3-5-7-13-21-37-34-26-14-8-10-16-28(26)38-29-17-11-9-15-27(29)34/h8,10,14,16,22-23,39H,3-7,9,11-13,15,17-21,24H2,1-2H3,(H,36,40)(H,37,38). The van der Waals surface area contributed by atoms with E-state index in [9.17, 15) is 9.90 Å². The van der Waals surface area contributed by atoms with Crippen LogP contribution in [0.3, 0.4) is 0 Å². The van der Waals surface area contributed by atoms with Crippen molar-refractivity contribution < 1.29 is 19.4 Å². The molecular formula is C35H47N3O4. The number of phenols is 1. The first-order valence-corrected chi connectivity index (χ1v) is 16.0. The molecule has 0 radical (unpaired) electrons. The molecule has 2 aliphatic rings. The first kappa shape index (κ1) is 30.0. The van der Waals surface area contributed by atoms with Gasteiger partial charge in [0.15, 0.2) is 11.5 Å². The van der Waals surface area contributed by atoms with Crippen LogP contribution in [0.15, 0.2) is 36.4 Å². The van der Waals surface area contributed by atoms with Crippen LogP contribution in [0.2, 0.25) is 0 Å². The number of para-hydroxylation sites is 1. The molecule has 7 heteroatoms. The van der Waals surface area contributed by atoms with Crippen molar-refractivity contribution in [3.8, 4) is 17.2 Å². The summed E-state index contributed by atoms with van der Waals surface area (Å²) < 4.78 is 11.4. The number of unbranched alkanes of at least 4 members (excludes halogenated alkanes) is 6. The molecule has 5 rings (SSSR count). The molecule has 0 spiro atoms. The Morgan fingerprint density at radius 1 is 1.00 bits per heavy atom. The summed E-state index contributed by atoms with van der Waals surface area (Å²) in [4.78, 5) is 17.6. The number of benzene rings is 2. The number of methoxy groups -OCH3 is 1. The second kappa shape index (κ2) is 14.1. The number of aromatic nitrogens is 1. The first-order valence-electron chi connectivity index (χ1n) is 16.0. The van der Waals surface area contributed by atoms with E-state index in [0.29, 0.717) is 24.5 Å². The fourth-order valence-corrected chi connectivity index (χ4v) is 6.44. The number of hydrogen-bond donors (Lipinski definition) is 3. The average Bonchev–Trinajstić information content (AvgIpc) is 2.99. The van der Waals surface area contributed by atoms with Gasteiger partial charge >= 0.3 is 0 Å². The van der Waals surface area contributed by atoms with Crippen LogP contribution in [0.4, 0.5) is 5.69 Å². The number of carbonyl (C=O) groups excluding carboxylic acids is 1. The Hall–Kier alpha value is -3.48. The van der Waals surface area contributed by atoms with E-state index in [2.05, 4.69) is 34.9 Å². The third-order valence-corrected chi connectivity index (χ3v) is 8.82. The SMILES string of the molecule is COc1cc2c(cc1O)CCC(C)(CC(=O)NCCCCCCCCCNc1c3c(nc4ccccc14)CCCC3)O2. The molecule has 1 atom stereocenters. The van der Waals surface area contributed by atoms with Crippen LogP contribution in [0.1, 0.15) is 94.4 Å². The van der Waals surface area contributed by atoms with Crippen LogP contribution in [-0.2, 0) is 24.1 Å². The number of phenolic OH excluding ortho intramolecular Hbond substituents is 1. The van der Waals surface area contributed by atoms with Gasteiger partial charge in [0.05, 0.1) is 19.0 Å². The number of pyridine rings is 1. The van der Waals surface area contributed by atoms with Crippen molar-refractivity contribution in [2.45, 2.75) is 102 Å². The topological polar surface area (TPSA) is 92.7 Å². The van der Waals surface area contributed by atoms with Crippen molar-refractivity contribution in [1.29, 1.82) is 0 Å². The van der Waals surface area contributed by atoms with Gasteiger partial charge in [-0.1, -0.05) is 50.3 Å². The predicted octanol–water partition coefficient (Wildman–Crippen LogP) is 7.26. The molecule has 2 heterocycles. The quantitative estimate of drug-likeness (QED) is 0.176. The average molecular weight is 574 g/mol. The van der Waals surface area contributed by atoms with Gasteiger partial charge in [0.25, 0.3) is 0 Å². The fraction of sp³-hybridized carbons (Fsp3) is 0.543. The van der Waals surface area contributed by atoms with Gasteiger partial charge in [-0.05, 0) is 81.5 Å². The summed E-state index contributed by atoms with van der Waals surface area (Å²) in [6.07, 6.45) is 14.8. The predicted molar refractivity (Wildman–Crippen MR) is 169 cm³/mol. The van der Waals surface area contributed by atoms with Gasteiger partial charge in [-0.25, -0.2) is 0 Å². The Morgan fingerprint density at radius 2 is 1.74 bits per heavy atom. The number of carbonyl (C=O) groups is 1. The molecule has 1 aliphatic heterocycles. The first-order chi connectivity index (χ1) is 20.5. The second-order valence-electron chi connectivity index (χ2n) is 12.2. The number of nitrogens with one attached hydrogen (secondary N) is 2. The summed E-state index contributed by atoms with van der Waals surface area (Å²) in [6.45, 7) is 3.70. The number of rotatable bonds is 14. The maximum Gasteiger partial charge on any atom is 0.224 e. The maximum absolute atomic E-state index is 12.6. The zero-order chi connectivity index (χ0) is 29.4. The van der Waals surface area contributed by atoms with Crippen LogP contribution in [-0.4, -0.2) is 41.8 Å². The molecule has 0 fully saturated rings. The minimum Gasteiger partial charge on any atom is -0.504 e. The molecule has 1 aliphatic carbocycles. The highest BCUT2D eigenvalue weighted by atomic mass is 16.5. The molecule has 7 nitrogen and oxygen atoms in total. The number of aromatic hydroxyl groups is 1. The number of hydrogen-bond acceptors (Lipinski definition) is 6. The summed E-state index contributed by atoms with van der Waals surface area (Å²) in [5, 5.41) is 18.1. The Labute approximate surface area is 250 Å². The summed E-state index contributed by atoms with van der Waals surface area (Å²) in [5.41, 5.74) is 5.57. The molecule has 1 unspecified atom stereocenters. The molecule has 3 N–H and O–H groups in total. The van der Waals surface area contributed by atoms with Gasteiger partial charge in [0.1, 0.15) is 11.4 Å². The number of anilines is 1. The monoisotopic (exact) mass is 573 g/mol. The molecule has 0 bridgehead atoms. The molecular weight excluding hydrogens is 526 g/mol. The van der Waals surface area contributed by atoms with Crippen LogP contribution >= 0.6 is 0 Å². The van der Waals surface area contributed by atoms with Gasteiger partial charge in [0, 0.05) is 35.9 Å². The molecule has 0 saturated heterocycles. The number of amides is 1. The van der Waals surface area contributed by atoms with Crippen LogP contribution in [0.25, 0.3) is 10.9 Å². The van der Waals surface area contributed by atoms with Crippen molar-refractivity contribution in [2.24, 2.45) is 0 Å². The van der Waals surface area contributed by atoms with Crippen molar-refractivity contribution in [3.63, 3.8) is 0 Å². The highest BCUT2D eigenvalue weighted by Gasteiger charge is 2.34. The molecule has 1 aromatic heterocycles. The van der Waals surface area contributed by atoms with E-state index >= 15 is 0 Å². The highest BCUT2D eigenvalue weighted by Crippen LogP contribution is 2.41. The van der Waals surface area contributed by atoms with Gasteiger partial charge in [-0.3, -0.25) is 9.78 Å². The number of ether oxygens (including phenoxy) is 2. The lowest BCUT2D eigenvalue weighted by atomic mass is 9.89. The minimum atomic E-state index is -0.558. The van der Waals surface area contributed by atoms with E-state index < -0.39 is 5.60 Å². The number of fused-ring (bicyclic) bond motifs is 3. The van der Waals surface area contributed by atoms with E-state index in [-0.39, 0.29) is 11.7 Å². The van der Waals surface area contributed by atoms with Gasteiger partial charge < -0.3 is 25.2 Å². The highest BCUT2D eigenvalue weighted by molar-refractivity contribution is 5.93. The molecule has 0 saturated carbocycles. The molecule has 2 aromatic carbocycles. The smallest absolute Gasteiger partial charge is 0.224 e. The molecule has 42 heavy (non-hydrogen) atoms. The van der Waals surface area contributed by atoms with E-state index in [0.717, 1.165) is 56.1 Å². The van der Waals surface area contributed by atoms with E-state index in [1.807, 2.05) is 6.92 Å². The number of nitrogens with zero attached hydrogens (tertiary/aromatic N) is 1. The largest absolute Gasteiger partial charge is 0.504 e. The zero-order valence-corrected chi connectivity index (χ0v) is 25.4. The summed E-state index contributed by atoms with van der Waals surface area (Å²) in [5.74, 6) is 1.22. The van der Waals surface area contributed by atoms with Crippen LogP contribution < -0.4 is 20.1 Å². The Kier molecular flexibility index (Phi) is 10.1. The van der Waals surface area contributed by atoms with Crippen LogP contribution in [0.5, 0.6) is 17.2 Å². The summed E-state index contributed by atoms with van der Waals surface area (Å²) in [6, 6.07) is 11.9. The Bertz CT molecular complexity index is 1370. The zero-order valence-electron chi connectivity index (χ0n) is 25.4. The summed E-state index contributed by atoms with van der Waals surface area (Å²) >= 11 is 0. The Balaban J connectivity index is 0.935. The molecule has 1 amide bonds. The molecule has 3 aromatic rings. The van der Waals surface area contributed by atoms with Gasteiger partial charge in [-0.2, -0.15) is 0 Å². The third kappa shape index (κ3) is 7.47. The maximum atomic E-state index is 12.6. The minimum absolute atomic E-state index is 0.0300. The van der Waals surface area contributed by atoms with Gasteiger partial charge in [0.2, 0.25) is 5.91 Å². The van der Waals surface area contributed by atoms with Crippen molar-refractivity contribution in [2.75, 3.05) is 25.5 Å².